The lowest BCUT2D eigenvalue weighted by Crippen LogP contribution is -2.54. The zero-order chi connectivity index (χ0) is 24.3. The fourth-order valence-electron chi connectivity index (χ4n) is 3.48. The molecule has 2 aromatic carbocycles. The van der Waals surface area contributed by atoms with Crippen molar-refractivity contribution in [2.45, 2.75) is 26.1 Å². The van der Waals surface area contributed by atoms with E-state index in [1.807, 2.05) is 13.8 Å². The molecular formula is C23H26F3N2O4S+. The second-order valence-electron chi connectivity index (χ2n) is 7.84. The van der Waals surface area contributed by atoms with Crippen LogP contribution in [0.4, 0.5) is 18.9 Å². The molecule has 0 bridgehead atoms. The number of para-hydroxylation sites is 2. The molecule has 0 aliphatic carbocycles. The standard InChI is InChI=1S/C23H26F3N2O4S/c1-17(2)31-21-7-3-4-8-22(21)32-20-11-9-19(10-12-20)28(13-5-6-18(14-27)15-28)33(29,30)16-23(24,25)26/h3-12,15,17H,13-14,16,27H2,1-2H3/q+1. The predicted molar refractivity (Wildman–Crippen MR) is 122 cm³/mol. The first-order chi connectivity index (χ1) is 15.5. The third kappa shape index (κ3) is 5.76. The fourth-order valence-corrected chi connectivity index (χ4v) is 5.18. The topological polar surface area (TPSA) is 78.6 Å². The van der Waals surface area contributed by atoms with Gasteiger partial charge in [0.1, 0.15) is 18.5 Å². The van der Waals surface area contributed by atoms with E-state index >= 15 is 0 Å². The lowest BCUT2D eigenvalue weighted by atomic mass is 10.2. The van der Waals surface area contributed by atoms with Crippen molar-refractivity contribution in [3.05, 3.63) is 72.5 Å². The minimum absolute atomic E-state index is 0.00807. The van der Waals surface area contributed by atoms with E-state index in [0.29, 0.717) is 22.8 Å². The average molecular weight is 484 g/mol. The molecule has 0 spiro atoms. The highest BCUT2D eigenvalue weighted by molar-refractivity contribution is 7.91. The molecule has 178 valence electrons. The van der Waals surface area contributed by atoms with Crippen LogP contribution in [-0.4, -0.2) is 39.5 Å². The molecule has 2 aromatic rings. The lowest BCUT2D eigenvalue weighted by Gasteiger charge is -2.34. The maximum Gasteiger partial charge on any atom is 0.408 e. The van der Waals surface area contributed by atoms with Crippen LogP contribution < -0.4 is 19.1 Å². The Bertz CT molecular complexity index is 1140. The molecule has 1 aliphatic heterocycles. The largest absolute Gasteiger partial charge is 0.487 e. The van der Waals surface area contributed by atoms with E-state index in [2.05, 4.69) is 0 Å². The van der Waals surface area contributed by atoms with E-state index in [0.717, 1.165) is 0 Å². The first kappa shape index (κ1) is 24.8. The molecule has 3 rings (SSSR count). The summed E-state index contributed by atoms with van der Waals surface area (Å²) < 4.78 is 75.9. The number of sulfonamides is 1. The molecule has 1 unspecified atom stereocenters. The Balaban J connectivity index is 1.98. The zero-order valence-electron chi connectivity index (χ0n) is 18.2. The van der Waals surface area contributed by atoms with Gasteiger partial charge < -0.3 is 15.2 Å². The number of rotatable bonds is 8. The van der Waals surface area contributed by atoms with Gasteiger partial charge in [-0.2, -0.15) is 25.5 Å². The van der Waals surface area contributed by atoms with Crippen molar-refractivity contribution in [1.29, 1.82) is 0 Å². The summed E-state index contributed by atoms with van der Waals surface area (Å²) in [6.07, 6.45) is -0.563. The van der Waals surface area contributed by atoms with Crippen LogP contribution in [0.5, 0.6) is 17.2 Å². The highest BCUT2D eigenvalue weighted by Crippen LogP contribution is 2.37. The number of nitrogens with zero attached hydrogens (tertiary/aromatic N) is 1. The number of hydrogen-bond donors (Lipinski definition) is 1. The maximum absolute atomic E-state index is 13.1. The van der Waals surface area contributed by atoms with Crippen LogP contribution >= 0.6 is 0 Å². The SMILES string of the molecule is CC(C)Oc1ccccc1Oc1ccc([N+]2(S(=O)(=O)CC(F)(F)F)C=C(CN)C=CC2)cc1. The van der Waals surface area contributed by atoms with Gasteiger partial charge in [-0.25, -0.2) is 0 Å². The Morgan fingerprint density at radius 2 is 1.70 bits per heavy atom. The third-order valence-corrected chi connectivity index (χ3v) is 7.02. The number of quaternary nitrogens is 1. The minimum Gasteiger partial charge on any atom is -0.487 e. The van der Waals surface area contributed by atoms with E-state index in [9.17, 15) is 21.6 Å². The summed E-state index contributed by atoms with van der Waals surface area (Å²) in [5, 5.41) is 0. The molecule has 0 aromatic heterocycles. The molecule has 10 heteroatoms. The van der Waals surface area contributed by atoms with E-state index in [1.165, 1.54) is 36.5 Å². The van der Waals surface area contributed by atoms with Gasteiger partial charge in [0, 0.05) is 24.3 Å². The van der Waals surface area contributed by atoms with Gasteiger partial charge in [0.2, 0.25) is 0 Å². The number of nitrogens with two attached hydrogens (primary N) is 1. The van der Waals surface area contributed by atoms with Crippen molar-refractivity contribution in [2.24, 2.45) is 5.73 Å². The quantitative estimate of drug-likeness (QED) is 0.542. The number of alkyl halides is 3. The van der Waals surface area contributed by atoms with Crippen LogP contribution in [0.15, 0.2) is 72.5 Å². The molecule has 0 fully saturated rings. The van der Waals surface area contributed by atoms with Crippen LogP contribution in [0.25, 0.3) is 0 Å². The number of benzene rings is 2. The fraction of sp³-hybridized carbons (Fsp3) is 0.304. The zero-order valence-corrected chi connectivity index (χ0v) is 19.1. The Kier molecular flexibility index (Phi) is 7.20. The molecule has 0 radical (unpaired) electrons. The summed E-state index contributed by atoms with van der Waals surface area (Å²) in [6, 6.07) is 13.0. The summed E-state index contributed by atoms with van der Waals surface area (Å²) in [7, 11) is -4.72. The lowest BCUT2D eigenvalue weighted by molar-refractivity contribution is -0.106. The summed E-state index contributed by atoms with van der Waals surface area (Å²) in [4.78, 5) is 0. The second-order valence-corrected chi connectivity index (χ2v) is 9.94. The van der Waals surface area contributed by atoms with Crippen molar-refractivity contribution in [3.8, 4) is 17.2 Å². The van der Waals surface area contributed by atoms with Gasteiger partial charge in [-0.05, 0) is 44.2 Å². The smallest absolute Gasteiger partial charge is 0.408 e. The maximum atomic E-state index is 13.1. The van der Waals surface area contributed by atoms with E-state index in [1.54, 1.807) is 30.3 Å². The van der Waals surface area contributed by atoms with Gasteiger partial charge in [0.05, 0.1) is 6.10 Å². The molecule has 0 saturated heterocycles. The monoisotopic (exact) mass is 483 g/mol. The number of halogens is 3. The predicted octanol–water partition coefficient (Wildman–Crippen LogP) is 4.88. The normalized spacial score (nSPS) is 18.8. The molecule has 1 aliphatic rings. The first-order valence-electron chi connectivity index (χ1n) is 10.3. The van der Waals surface area contributed by atoms with Gasteiger partial charge in [-0.15, -0.1) is 0 Å². The van der Waals surface area contributed by atoms with Gasteiger partial charge in [0.15, 0.2) is 22.9 Å². The summed E-state index contributed by atoms with van der Waals surface area (Å²) >= 11 is 0. The van der Waals surface area contributed by atoms with E-state index in [4.69, 9.17) is 15.2 Å². The molecule has 0 saturated carbocycles. The van der Waals surface area contributed by atoms with E-state index in [-0.39, 0.29) is 24.9 Å². The molecule has 33 heavy (non-hydrogen) atoms. The molecule has 6 nitrogen and oxygen atoms in total. The van der Waals surface area contributed by atoms with Crippen molar-refractivity contribution < 1.29 is 31.1 Å². The number of hydrogen-bond acceptors (Lipinski definition) is 5. The van der Waals surface area contributed by atoms with Gasteiger partial charge in [-0.3, -0.25) is 0 Å². The van der Waals surface area contributed by atoms with Crippen LogP contribution in [0.1, 0.15) is 13.8 Å². The molecule has 2 N–H and O–H groups in total. The molecule has 1 atom stereocenters. The van der Waals surface area contributed by atoms with Gasteiger partial charge in [0.25, 0.3) is 0 Å². The number of ether oxygens (including phenoxy) is 2. The van der Waals surface area contributed by atoms with Crippen molar-refractivity contribution in [3.63, 3.8) is 0 Å². The molecule has 0 amide bonds. The Morgan fingerprint density at radius 1 is 1.06 bits per heavy atom. The average Bonchev–Trinajstić information content (AvgIpc) is 2.73. The third-order valence-electron chi connectivity index (χ3n) is 4.87. The molecular weight excluding hydrogens is 457 g/mol. The van der Waals surface area contributed by atoms with Crippen LogP contribution in [0.2, 0.25) is 0 Å². The van der Waals surface area contributed by atoms with Crippen LogP contribution in [0.3, 0.4) is 0 Å². The minimum atomic E-state index is -4.88. The first-order valence-corrected chi connectivity index (χ1v) is 11.9. The Hall–Kier alpha value is -2.82. The molecule has 1 heterocycles. The van der Waals surface area contributed by atoms with Crippen LogP contribution in [0, 0.1) is 0 Å². The van der Waals surface area contributed by atoms with Crippen molar-refractivity contribution in [1.82, 2.24) is 3.89 Å². The van der Waals surface area contributed by atoms with Crippen molar-refractivity contribution >= 4 is 15.7 Å². The van der Waals surface area contributed by atoms with Gasteiger partial charge >= 0.3 is 16.2 Å². The summed E-state index contributed by atoms with van der Waals surface area (Å²) in [5.41, 5.74) is 6.22. The van der Waals surface area contributed by atoms with Crippen molar-refractivity contribution in [2.75, 3.05) is 18.8 Å². The summed E-state index contributed by atoms with van der Waals surface area (Å²) in [6.45, 7) is 3.57. The highest BCUT2D eigenvalue weighted by atomic mass is 32.2. The Morgan fingerprint density at radius 3 is 2.27 bits per heavy atom. The second kappa shape index (κ2) is 9.58. The van der Waals surface area contributed by atoms with E-state index < -0.39 is 25.8 Å². The summed E-state index contributed by atoms with van der Waals surface area (Å²) in [5.74, 6) is -0.593. The van der Waals surface area contributed by atoms with Gasteiger partial charge in [-0.1, -0.05) is 18.2 Å². The Labute approximate surface area is 191 Å². The van der Waals surface area contributed by atoms with Crippen LogP contribution in [-0.2, 0) is 10.0 Å². The highest BCUT2D eigenvalue weighted by Gasteiger charge is 2.50.